The van der Waals surface area contributed by atoms with E-state index >= 15 is 0 Å². The average molecular weight is 297 g/mol. The van der Waals surface area contributed by atoms with Crippen molar-refractivity contribution in [3.8, 4) is 0 Å². The number of amides is 2. The molecule has 120 valence electrons. The number of rotatable bonds is 5. The lowest BCUT2D eigenvalue weighted by Crippen LogP contribution is -2.57. The number of hydrogen-bond donors (Lipinski definition) is 2. The van der Waals surface area contributed by atoms with Crippen LogP contribution in [0.3, 0.4) is 0 Å². The van der Waals surface area contributed by atoms with Crippen LogP contribution in [0, 0.1) is 5.41 Å². The molecule has 0 aromatic heterocycles. The lowest BCUT2D eigenvalue weighted by molar-refractivity contribution is -0.151. The SMILES string of the molecule is CC(C)NC(=O)C1COCCN1C(=O)CC1(CN)CCC1. The Hall–Kier alpha value is -1.14. The number of morpholine rings is 1. The third-order valence-corrected chi connectivity index (χ3v) is 4.56. The topological polar surface area (TPSA) is 84.7 Å². The van der Waals surface area contributed by atoms with Crippen molar-refractivity contribution in [2.45, 2.75) is 51.6 Å². The van der Waals surface area contributed by atoms with Crippen molar-refractivity contribution < 1.29 is 14.3 Å². The number of ether oxygens (including phenoxy) is 1. The zero-order valence-corrected chi connectivity index (χ0v) is 13.1. The third-order valence-electron chi connectivity index (χ3n) is 4.56. The molecule has 3 N–H and O–H groups in total. The zero-order chi connectivity index (χ0) is 15.5. The molecule has 1 aliphatic heterocycles. The Bertz CT molecular complexity index is 388. The average Bonchev–Trinajstić information content (AvgIpc) is 2.42. The third kappa shape index (κ3) is 3.74. The van der Waals surface area contributed by atoms with E-state index < -0.39 is 6.04 Å². The van der Waals surface area contributed by atoms with Crippen LogP contribution < -0.4 is 11.1 Å². The van der Waals surface area contributed by atoms with E-state index in [9.17, 15) is 9.59 Å². The maximum atomic E-state index is 12.6. The standard InChI is InChI=1S/C15H27N3O3/c1-11(2)17-14(20)12-9-21-7-6-18(12)13(19)8-15(10-16)4-3-5-15/h11-12H,3-10,16H2,1-2H3,(H,17,20). The first-order valence-corrected chi connectivity index (χ1v) is 7.85. The number of hydrogen-bond acceptors (Lipinski definition) is 4. The van der Waals surface area contributed by atoms with E-state index in [1.807, 2.05) is 13.8 Å². The molecule has 1 aliphatic carbocycles. The van der Waals surface area contributed by atoms with Gasteiger partial charge in [0.1, 0.15) is 6.04 Å². The van der Waals surface area contributed by atoms with Gasteiger partial charge in [-0.05, 0) is 38.6 Å². The van der Waals surface area contributed by atoms with Crippen LogP contribution in [0.1, 0.15) is 39.5 Å². The van der Waals surface area contributed by atoms with Gasteiger partial charge in [0.2, 0.25) is 11.8 Å². The van der Waals surface area contributed by atoms with Crippen molar-refractivity contribution in [1.29, 1.82) is 0 Å². The molecule has 2 aliphatic rings. The second-order valence-corrected chi connectivity index (χ2v) is 6.58. The van der Waals surface area contributed by atoms with Gasteiger partial charge in [-0.25, -0.2) is 0 Å². The van der Waals surface area contributed by atoms with E-state index in [0.717, 1.165) is 19.3 Å². The Balaban J connectivity index is 2.00. The molecule has 2 fully saturated rings. The molecule has 1 unspecified atom stereocenters. The molecule has 0 aromatic rings. The largest absolute Gasteiger partial charge is 0.377 e. The number of nitrogens with zero attached hydrogens (tertiary/aromatic N) is 1. The molecule has 21 heavy (non-hydrogen) atoms. The van der Waals surface area contributed by atoms with Gasteiger partial charge in [0.15, 0.2) is 0 Å². The minimum atomic E-state index is -0.511. The van der Waals surface area contributed by atoms with Crippen molar-refractivity contribution >= 4 is 11.8 Å². The summed E-state index contributed by atoms with van der Waals surface area (Å²) >= 11 is 0. The molecule has 0 spiro atoms. The fourth-order valence-electron chi connectivity index (χ4n) is 3.05. The van der Waals surface area contributed by atoms with Crippen molar-refractivity contribution in [3.05, 3.63) is 0 Å². The molecule has 1 heterocycles. The summed E-state index contributed by atoms with van der Waals surface area (Å²) in [7, 11) is 0. The van der Waals surface area contributed by atoms with Crippen LogP contribution in [0.2, 0.25) is 0 Å². The van der Waals surface area contributed by atoms with Gasteiger partial charge in [-0.3, -0.25) is 9.59 Å². The highest BCUT2D eigenvalue weighted by molar-refractivity contribution is 5.88. The minimum Gasteiger partial charge on any atom is -0.377 e. The molecule has 2 rings (SSSR count). The molecule has 6 nitrogen and oxygen atoms in total. The number of carbonyl (C=O) groups excluding carboxylic acids is 2. The molecule has 0 aromatic carbocycles. The molecular formula is C15H27N3O3. The van der Waals surface area contributed by atoms with E-state index in [1.54, 1.807) is 4.90 Å². The molecule has 1 saturated carbocycles. The van der Waals surface area contributed by atoms with Gasteiger partial charge in [0.25, 0.3) is 0 Å². The minimum absolute atomic E-state index is 0.0333. The number of carbonyl (C=O) groups is 2. The van der Waals surface area contributed by atoms with Gasteiger partial charge in [-0.15, -0.1) is 0 Å². The second-order valence-electron chi connectivity index (χ2n) is 6.58. The van der Waals surface area contributed by atoms with Crippen molar-refractivity contribution in [3.63, 3.8) is 0 Å². The maximum absolute atomic E-state index is 12.6. The molecule has 0 bridgehead atoms. The van der Waals surface area contributed by atoms with Crippen molar-refractivity contribution in [1.82, 2.24) is 10.2 Å². The summed E-state index contributed by atoms with van der Waals surface area (Å²) in [5, 5.41) is 2.86. The van der Waals surface area contributed by atoms with Crippen LogP contribution in [-0.2, 0) is 14.3 Å². The highest BCUT2D eigenvalue weighted by Crippen LogP contribution is 2.43. The molecule has 6 heteroatoms. The van der Waals surface area contributed by atoms with Crippen LogP contribution in [0.4, 0.5) is 0 Å². The van der Waals surface area contributed by atoms with E-state index in [1.165, 1.54) is 0 Å². The van der Waals surface area contributed by atoms with Crippen molar-refractivity contribution in [2.24, 2.45) is 11.1 Å². The first-order chi connectivity index (χ1) is 9.97. The van der Waals surface area contributed by atoms with Crippen LogP contribution >= 0.6 is 0 Å². The van der Waals surface area contributed by atoms with E-state index in [-0.39, 0.29) is 29.9 Å². The first-order valence-electron chi connectivity index (χ1n) is 7.85. The summed E-state index contributed by atoms with van der Waals surface area (Å²) in [5.74, 6) is -0.0965. The monoisotopic (exact) mass is 297 g/mol. The summed E-state index contributed by atoms with van der Waals surface area (Å²) < 4.78 is 5.38. The lowest BCUT2D eigenvalue weighted by Gasteiger charge is -2.43. The van der Waals surface area contributed by atoms with Gasteiger partial charge in [0.05, 0.1) is 13.2 Å². The van der Waals surface area contributed by atoms with Crippen LogP contribution in [-0.4, -0.2) is 55.1 Å². The van der Waals surface area contributed by atoms with Gasteiger partial charge < -0.3 is 20.7 Å². The summed E-state index contributed by atoms with van der Waals surface area (Å²) in [4.78, 5) is 26.5. The quantitative estimate of drug-likeness (QED) is 0.762. The van der Waals surface area contributed by atoms with Crippen LogP contribution in [0.15, 0.2) is 0 Å². The molecule has 2 amide bonds. The Kier molecular flexibility index (Phi) is 5.22. The maximum Gasteiger partial charge on any atom is 0.245 e. The number of nitrogens with one attached hydrogen (secondary N) is 1. The van der Waals surface area contributed by atoms with E-state index in [0.29, 0.717) is 26.1 Å². The van der Waals surface area contributed by atoms with Crippen LogP contribution in [0.25, 0.3) is 0 Å². The first kappa shape index (κ1) is 16.2. The fourth-order valence-corrected chi connectivity index (χ4v) is 3.05. The Morgan fingerprint density at radius 1 is 1.43 bits per heavy atom. The lowest BCUT2D eigenvalue weighted by atomic mass is 9.66. The highest BCUT2D eigenvalue weighted by atomic mass is 16.5. The number of nitrogens with two attached hydrogens (primary N) is 1. The smallest absolute Gasteiger partial charge is 0.245 e. The van der Waals surface area contributed by atoms with Gasteiger partial charge in [-0.1, -0.05) is 6.42 Å². The Labute approximate surface area is 126 Å². The summed E-state index contributed by atoms with van der Waals surface area (Å²) in [6.45, 7) is 5.62. The second kappa shape index (κ2) is 6.75. The van der Waals surface area contributed by atoms with E-state index in [2.05, 4.69) is 5.32 Å². The summed E-state index contributed by atoms with van der Waals surface area (Å²) in [5.41, 5.74) is 5.80. The van der Waals surface area contributed by atoms with Crippen molar-refractivity contribution in [2.75, 3.05) is 26.3 Å². The predicted molar refractivity (Wildman–Crippen MR) is 79.6 cm³/mol. The molecule has 1 saturated heterocycles. The van der Waals surface area contributed by atoms with Gasteiger partial charge in [0, 0.05) is 19.0 Å². The molecule has 1 atom stereocenters. The Morgan fingerprint density at radius 3 is 2.67 bits per heavy atom. The normalized spacial score (nSPS) is 24.6. The highest BCUT2D eigenvalue weighted by Gasteiger charge is 2.41. The van der Waals surface area contributed by atoms with Gasteiger partial charge in [-0.2, -0.15) is 0 Å². The molecule has 0 radical (unpaired) electrons. The van der Waals surface area contributed by atoms with Gasteiger partial charge >= 0.3 is 0 Å². The summed E-state index contributed by atoms with van der Waals surface area (Å²) in [6.07, 6.45) is 3.63. The predicted octanol–water partition coefficient (Wildman–Crippen LogP) is 0.258. The summed E-state index contributed by atoms with van der Waals surface area (Å²) in [6, 6.07) is -0.457. The Morgan fingerprint density at radius 2 is 2.14 bits per heavy atom. The fraction of sp³-hybridized carbons (Fsp3) is 0.867. The zero-order valence-electron chi connectivity index (χ0n) is 13.1. The van der Waals surface area contributed by atoms with E-state index in [4.69, 9.17) is 10.5 Å². The van der Waals surface area contributed by atoms with Crippen LogP contribution in [0.5, 0.6) is 0 Å². The molecular weight excluding hydrogens is 270 g/mol.